The number of nitrogens with zero attached hydrogens (tertiary/aromatic N) is 3. The number of halogens is 1. The predicted octanol–water partition coefficient (Wildman–Crippen LogP) is 2.27. The van der Waals surface area contributed by atoms with Crippen LogP contribution in [0.1, 0.15) is 47.8 Å². The molecule has 2 aliphatic rings. The van der Waals surface area contributed by atoms with Crippen LogP contribution in [0, 0.1) is 19.7 Å². The molecule has 1 saturated carbocycles. The predicted molar refractivity (Wildman–Crippen MR) is 100 cm³/mol. The van der Waals surface area contributed by atoms with Crippen LogP contribution < -0.4 is 10.9 Å². The van der Waals surface area contributed by atoms with E-state index in [1.807, 2.05) is 36.5 Å². The molecule has 0 bridgehead atoms. The van der Waals surface area contributed by atoms with Crippen LogP contribution in [-0.4, -0.2) is 32.7 Å². The van der Waals surface area contributed by atoms with Gasteiger partial charge in [0.05, 0.1) is 11.7 Å². The van der Waals surface area contributed by atoms with Crippen molar-refractivity contribution in [1.82, 2.24) is 25.5 Å². The molecule has 27 heavy (non-hydrogen) atoms. The summed E-state index contributed by atoms with van der Waals surface area (Å²) in [7, 11) is 1.93. The third-order valence-electron chi connectivity index (χ3n) is 5.74. The van der Waals surface area contributed by atoms with Crippen molar-refractivity contribution in [3.8, 4) is 0 Å². The van der Waals surface area contributed by atoms with Gasteiger partial charge in [-0.05, 0) is 39.2 Å². The number of carbonyl (C=O) groups excluding carboxylic acids is 1. The highest BCUT2D eigenvalue weighted by Crippen LogP contribution is 2.32. The second-order valence-corrected chi connectivity index (χ2v) is 7.62. The zero-order valence-corrected chi connectivity index (χ0v) is 16.0. The van der Waals surface area contributed by atoms with E-state index in [0.29, 0.717) is 24.6 Å². The van der Waals surface area contributed by atoms with E-state index in [1.165, 1.54) is 6.07 Å². The van der Waals surface area contributed by atoms with Crippen molar-refractivity contribution in [2.45, 2.75) is 57.8 Å². The van der Waals surface area contributed by atoms with Crippen molar-refractivity contribution in [2.24, 2.45) is 7.05 Å². The average molecular weight is 371 g/mol. The van der Waals surface area contributed by atoms with Crippen molar-refractivity contribution in [1.29, 1.82) is 0 Å². The molecule has 1 saturated heterocycles. The molecule has 2 aromatic rings. The van der Waals surface area contributed by atoms with Gasteiger partial charge in [0.25, 0.3) is 0 Å². The number of rotatable bonds is 5. The summed E-state index contributed by atoms with van der Waals surface area (Å²) in [6.07, 6.45) is 2.62. The highest BCUT2D eigenvalue weighted by molar-refractivity contribution is 5.83. The van der Waals surface area contributed by atoms with Crippen molar-refractivity contribution >= 4 is 5.91 Å². The second-order valence-electron chi connectivity index (χ2n) is 7.62. The number of carbonyl (C=O) groups is 1. The van der Waals surface area contributed by atoms with E-state index >= 15 is 0 Å². The normalized spacial score (nSPS) is 22.2. The molecule has 0 radical (unpaired) electrons. The minimum absolute atomic E-state index is 0.0755. The Morgan fingerprint density at radius 1 is 1.30 bits per heavy atom. The Labute approximate surface area is 158 Å². The summed E-state index contributed by atoms with van der Waals surface area (Å²) in [5, 5.41) is 4.47. The zero-order chi connectivity index (χ0) is 19.1. The van der Waals surface area contributed by atoms with Crippen molar-refractivity contribution < 1.29 is 9.18 Å². The van der Waals surface area contributed by atoms with Crippen LogP contribution in [0.25, 0.3) is 0 Å². The number of aromatic nitrogens is 2. The molecule has 4 rings (SSSR count). The van der Waals surface area contributed by atoms with E-state index in [0.717, 1.165) is 29.8 Å². The number of hydrazine groups is 1. The van der Waals surface area contributed by atoms with Crippen molar-refractivity contribution in [3.63, 3.8) is 0 Å². The van der Waals surface area contributed by atoms with Gasteiger partial charge >= 0.3 is 0 Å². The van der Waals surface area contributed by atoms with E-state index in [1.54, 1.807) is 12.1 Å². The van der Waals surface area contributed by atoms with Gasteiger partial charge in [0.1, 0.15) is 11.9 Å². The molecule has 7 heteroatoms. The average Bonchev–Trinajstić information content (AvgIpc) is 3.31. The van der Waals surface area contributed by atoms with E-state index in [-0.39, 0.29) is 23.8 Å². The number of amides is 1. The van der Waals surface area contributed by atoms with E-state index in [2.05, 4.69) is 16.0 Å². The largest absolute Gasteiger partial charge is 0.334 e. The Balaban J connectivity index is 1.49. The minimum atomic E-state index is -0.354. The van der Waals surface area contributed by atoms with Crippen molar-refractivity contribution in [2.75, 3.05) is 0 Å². The zero-order valence-electron chi connectivity index (χ0n) is 16.0. The quantitative estimate of drug-likeness (QED) is 0.847. The highest BCUT2D eigenvalue weighted by Gasteiger charge is 2.40. The van der Waals surface area contributed by atoms with E-state index in [4.69, 9.17) is 0 Å². The highest BCUT2D eigenvalue weighted by atomic mass is 19.1. The van der Waals surface area contributed by atoms with Gasteiger partial charge in [0.15, 0.2) is 0 Å². The van der Waals surface area contributed by atoms with Crippen molar-refractivity contribution in [3.05, 3.63) is 52.6 Å². The number of aryl methyl sites for hydroxylation is 2. The van der Waals surface area contributed by atoms with Gasteiger partial charge in [0, 0.05) is 36.5 Å². The number of hydrogen-bond donors (Lipinski definition) is 2. The molecule has 1 amide bonds. The third-order valence-corrected chi connectivity index (χ3v) is 5.74. The lowest BCUT2D eigenvalue weighted by molar-refractivity contribution is -0.134. The lowest BCUT2D eigenvalue weighted by atomic mass is 10.0. The summed E-state index contributed by atoms with van der Waals surface area (Å²) < 4.78 is 15.9. The molecule has 2 unspecified atom stereocenters. The lowest BCUT2D eigenvalue weighted by Gasteiger charge is -2.25. The van der Waals surface area contributed by atoms with Gasteiger partial charge in [-0.25, -0.2) is 15.2 Å². The smallest absolute Gasteiger partial charge is 0.241 e. The Morgan fingerprint density at radius 2 is 2.04 bits per heavy atom. The summed E-state index contributed by atoms with van der Waals surface area (Å²) in [5.74, 6) is -0.169. The summed E-state index contributed by atoms with van der Waals surface area (Å²) in [6.45, 7) is 4.60. The van der Waals surface area contributed by atoms with Crippen LogP contribution >= 0.6 is 0 Å². The summed E-state index contributed by atoms with van der Waals surface area (Å²) in [6, 6.07) is 6.46. The number of hydrogen-bond acceptors (Lipinski definition) is 4. The molecule has 2 N–H and O–H groups in total. The maximum Gasteiger partial charge on any atom is 0.241 e. The number of benzene rings is 1. The molecule has 2 atom stereocenters. The first-order valence-electron chi connectivity index (χ1n) is 9.50. The fourth-order valence-corrected chi connectivity index (χ4v) is 3.87. The molecular formula is C20H26FN5O. The molecule has 144 valence electrons. The fraction of sp³-hybridized carbons (Fsp3) is 0.500. The summed E-state index contributed by atoms with van der Waals surface area (Å²) in [5.41, 5.74) is 9.96. The van der Waals surface area contributed by atoms with Crippen LogP contribution in [0.2, 0.25) is 0 Å². The van der Waals surface area contributed by atoms with Gasteiger partial charge in [-0.3, -0.25) is 9.48 Å². The first kappa shape index (κ1) is 18.1. The van der Waals surface area contributed by atoms with Crippen LogP contribution in [-0.2, 0) is 18.4 Å². The Kier molecular flexibility index (Phi) is 4.74. The molecule has 1 aliphatic carbocycles. The molecular weight excluding hydrogens is 345 g/mol. The maximum atomic E-state index is 14.1. The maximum absolute atomic E-state index is 14.1. The van der Waals surface area contributed by atoms with E-state index in [9.17, 15) is 9.18 Å². The molecule has 2 fully saturated rings. The minimum Gasteiger partial charge on any atom is -0.334 e. The standard InChI is InChI=1S/C20H26FN5O/c1-12-16(13(2)25(3)24-12)11-26(14-8-9-14)20(27)19-10-18(22-23-19)15-6-4-5-7-17(15)21/h4-7,14,18-19,22-23H,8-11H2,1-3H3. The SMILES string of the molecule is Cc1nn(C)c(C)c1CN(C(=O)C1CC(c2ccccc2F)NN1)C1CC1. The van der Waals surface area contributed by atoms with Crippen LogP contribution in [0.3, 0.4) is 0 Å². The van der Waals surface area contributed by atoms with Gasteiger partial charge < -0.3 is 4.90 Å². The third kappa shape index (κ3) is 3.49. The molecule has 2 heterocycles. The Bertz CT molecular complexity index is 860. The first-order chi connectivity index (χ1) is 13.0. The topological polar surface area (TPSA) is 62.2 Å². The lowest BCUT2D eigenvalue weighted by Crippen LogP contribution is -2.46. The second kappa shape index (κ2) is 7.05. The Hall–Kier alpha value is -2.25. The van der Waals surface area contributed by atoms with Crippen LogP contribution in [0.4, 0.5) is 4.39 Å². The molecule has 0 spiro atoms. The molecule has 1 aromatic carbocycles. The first-order valence-corrected chi connectivity index (χ1v) is 9.50. The Morgan fingerprint density at radius 3 is 2.67 bits per heavy atom. The summed E-state index contributed by atoms with van der Waals surface area (Å²) in [4.78, 5) is 15.2. The number of nitrogens with one attached hydrogen (secondary N) is 2. The van der Waals surface area contributed by atoms with Gasteiger partial charge in [0.2, 0.25) is 5.91 Å². The van der Waals surface area contributed by atoms with Crippen LogP contribution in [0.15, 0.2) is 24.3 Å². The molecule has 6 nitrogen and oxygen atoms in total. The van der Waals surface area contributed by atoms with Gasteiger partial charge in [-0.2, -0.15) is 5.10 Å². The fourth-order valence-electron chi connectivity index (χ4n) is 3.87. The molecule has 1 aromatic heterocycles. The van der Waals surface area contributed by atoms with E-state index < -0.39 is 0 Å². The summed E-state index contributed by atoms with van der Waals surface area (Å²) >= 11 is 0. The van der Waals surface area contributed by atoms with Gasteiger partial charge in [-0.1, -0.05) is 18.2 Å². The van der Waals surface area contributed by atoms with Gasteiger partial charge in [-0.15, -0.1) is 0 Å². The van der Waals surface area contributed by atoms with Crippen LogP contribution in [0.5, 0.6) is 0 Å². The molecule has 1 aliphatic heterocycles. The monoisotopic (exact) mass is 371 g/mol.